The fourth-order valence-electron chi connectivity index (χ4n) is 8.84. The number of pyridine rings is 2. The predicted octanol–water partition coefficient (Wildman–Crippen LogP) is 13.2. The zero-order chi connectivity index (χ0) is 41.0. The molecule has 0 radical (unpaired) electrons. The van der Waals surface area contributed by atoms with Gasteiger partial charge in [0.2, 0.25) is 0 Å². The first-order valence-corrected chi connectivity index (χ1v) is 20.7. The highest BCUT2D eigenvalue weighted by Crippen LogP contribution is 2.38. The van der Waals surface area contributed by atoms with Crippen molar-refractivity contribution in [3.05, 3.63) is 213 Å². The topological polar surface area (TPSA) is 74.3 Å². The van der Waals surface area contributed by atoms with Crippen molar-refractivity contribution in [3.63, 3.8) is 0 Å². The van der Waals surface area contributed by atoms with E-state index in [2.05, 4.69) is 149 Å². The standard InChI is InChI=1S/C55H35N7/c1-3-15-36(16-4-1)38-27-29-56-47(33-38)54-58-53(59-55(60-54)48-34-39(28-30-57-48)37-17-5-2-6-18-37)40-31-41(61-49-23-11-7-19-43(49)44-20-8-12-24-50(44)61)35-42(32-40)62-51-25-13-9-21-45(51)46-22-10-14-26-52(46)62/h1-35H. The highest BCUT2D eigenvalue weighted by atomic mass is 15.1. The molecule has 7 heteroatoms. The smallest absolute Gasteiger partial charge is 0.182 e. The molecule has 0 aliphatic carbocycles. The minimum atomic E-state index is 0.454. The lowest BCUT2D eigenvalue weighted by Gasteiger charge is -2.16. The molecule has 7 aromatic carbocycles. The minimum Gasteiger partial charge on any atom is -0.309 e. The van der Waals surface area contributed by atoms with E-state index < -0.39 is 0 Å². The summed E-state index contributed by atoms with van der Waals surface area (Å²) in [6.45, 7) is 0. The van der Waals surface area contributed by atoms with Gasteiger partial charge in [-0.3, -0.25) is 9.97 Å². The second-order valence-corrected chi connectivity index (χ2v) is 15.4. The summed E-state index contributed by atoms with van der Waals surface area (Å²) >= 11 is 0. The molecular weight excluding hydrogens is 759 g/mol. The Bertz CT molecular complexity index is 3310. The fourth-order valence-corrected chi connectivity index (χ4v) is 8.84. The molecule has 0 aliphatic rings. The van der Waals surface area contributed by atoms with Crippen LogP contribution >= 0.6 is 0 Å². The van der Waals surface area contributed by atoms with Crippen LogP contribution in [-0.2, 0) is 0 Å². The van der Waals surface area contributed by atoms with Crippen molar-refractivity contribution in [3.8, 4) is 68.1 Å². The Morgan fingerprint density at radius 1 is 0.274 bits per heavy atom. The zero-order valence-electron chi connectivity index (χ0n) is 33.3. The van der Waals surface area contributed by atoms with Crippen LogP contribution in [0.1, 0.15) is 0 Å². The van der Waals surface area contributed by atoms with Gasteiger partial charge in [0.15, 0.2) is 17.5 Å². The SMILES string of the molecule is c1ccc(-c2ccnc(-c3nc(-c4cc(-n5c6ccccc6c6ccccc65)cc(-n5c6ccccc6c6ccccc65)c4)nc(-c4cc(-c5ccccc5)ccn4)n3)c2)cc1. The Labute approximate surface area is 356 Å². The van der Waals surface area contributed by atoms with Crippen LogP contribution in [0.4, 0.5) is 0 Å². The summed E-state index contributed by atoms with van der Waals surface area (Å²) in [6, 6.07) is 69.8. The highest BCUT2D eigenvalue weighted by molar-refractivity contribution is 6.10. The molecule has 0 aliphatic heterocycles. The molecule has 0 amide bonds. The van der Waals surface area contributed by atoms with Gasteiger partial charge >= 0.3 is 0 Å². The summed E-state index contributed by atoms with van der Waals surface area (Å²) in [5.41, 5.74) is 12.7. The van der Waals surface area contributed by atoms with E-state index in [-0.39, 0.29) is 0 Å². The van der Waals surface area contributed by atoms with Crippen molar-refractivity contribution in [2.75, 3.05) is 0 Å². The molecule has 0 atom stereocenters. The first-order chi connectivity index (χ1) is 30.7. The van der Waals surface area contributed by atoms with Gasteiger partial charge in [-0.1, -0.05) is 133 Å². The number of para-hydroxylation sites is 4. The lowest BCUT2D eigenvalue weighted by atomic mass is 10.1. The van der Waals surface area contributed by atoms with Crippen molar-refractivity contribution in [1.82, 2.24) is 34.1 Å². The van der Waals surface area contributed by atoms with Crippen LogP contribution in [0.2, 0.25) is 0 Å². The van der Waals surface area contributed by atoms with Gasteiger partial charge in [0, 0.05) is 50.9 Å². The number of fused-ring (bicyclic) bond motifs is 6. The van der Waals surface area contributed by atoms with E-state index in [1.165, 1.54) is 21.5 Å². The minimum absolute atomic E-state index is 0.454. The third-order valence-electron chi connectivity index (χ3n) is 11.7. The van der Waals surface area contributed by atoms with E-state index in [0.29, 0.717) is 28.9 Å². The number of aromatic nitrogens is 7. The molecule has 0 fully saturated rings. The van der Waals surface area contributed by atoms with E-state index in [9.17, 15) is 0 Å². The highest BCUT2D eigenvalue weighted by Gasteiger charge is 2.20. The average Bonchev–Trinajstić information content (AvgIpc) is 3.88. The summed E-state index contributed by atoms with van der Waals surface area (Å²) in [7, 11) is 0. The lowest BCUT2D eigenvalue weighted by molar-refractivity contribution is 1.04. The van der Waals surface area contributed by atoms with Crippen molar-refractivity contribution >= 4 is 43.6 Å². The van der Waals surface area contributed by atoms with E-state index in [0.717, 1.165) is 61.3 Å². The molecule has 0 saturated heterocycles. The van der Waals surface area contributed by atoms with E-state index in [1.54, 1.807) is 0 Å². The summed E-state index contributed by atoms with van der Waals surface area (Å²) in [5.74, 6) is 1.42. The molecule has 5 aromatic heterocycles. The molecule has 0 N–H and O–H groups in total. The first kappa shape index (κ1) is 35.4. The molecule has 12 aromatic rings. The van der Waals surface area contributed by atoms with E-state index in [1.807, 2.05) is 73.1 Å². The van der Waals surface area contributed by atoms with Crippen molar-refractivity contribution < 1.29 is 0 Å². The van der Waals surface area contributed by atoms with Crippen molar-refractivity contribution in [2.24, 2.45) is 0 Å². The molecule has 0 spiro atoms. The number of rotatable bonds is 7. The summed E-state index contributed by atoms with van der Waals surface area (Å²) in [6.07, 6.45) is 3.64. The number of benzene rings is 7. The molecule has 0 bridgehead atoms. The van der Waals surface area contributed by atoms with Crippen LogP contribution in [0.15, 0.2) is 213 Å². The molecule has 62 heavy (non-hydrogen) atoms. The largest absolute Gasteiger partial charge is 0.309 e. The summed E-state index contributed by atoms with van der Waals surface area (Å²) in [4.78, 5) is 25.4. The molecule has 290 valence electrons. The van der Waals surface area contributed by atoms with Gasteiger partial charge in [-0.05, 0) is 89.0 Å². The van der Waals surface area contributed by atoms with Gasteiger partial charge in [-0.25, -0.2) is 15.0 Å². The van der Waals surface area contributed by atoms with Gasteiger partial charge in [0.1, 0.15) is 11.4 Å². The normalized spacial score (nSPS) is 11.5. The first-order valence-electron chi connectivity index (χ1n) is 20.7. The number of nitrogens with zero attached hydrogens (tertiary/aromatic N) is 7. The van der Waals surface area contributed by atoms with Crippen LogP contribution in [0.3, 0.4) is 0 Å². The Morgan fingerprint density at radius 2 is 0.629 bits per heavy atom. The van der Waals surface area contributed by atoms with Crippen molar-refractivity contribution in [2.45, 2.75) is 0 Å². The molecule has 5 heterocycles. The fraction of sp³-hybridized carbons (Fsp3) is 0. The average molecular weight is 794 g/mol. The monoisotopic (exact) mass is 793 g/mol. The van der Waals surface area contributed by atoms with E-state index in [4.69, 9.17) is 24.9 Å². The maximum Gasteiger partial charge on any atom is 0.182 e. The lowest BCUT2D eigenvalue weighted by Crippen LogP contribution is -2.04. The summed E-state index contributed by atoms with van der Waals surface area (Å²) < 4.78 is 4.70. The Kier molecular flexibility index (Phi) is 8.35. The second kappa shape index (κ2) is 14.6. The van der Waals surface area contributed by atoms with Gasteiger partial charge in [-0.15, -0.1) is 0 Å². The molecule has 7 nitrogen and oxygen atoms in total. The molecule has 0 saturated carbocycles. The molecule has 0 unspecified atom stereocenters. The quantitative estimate of drug-likeness (QED) is 0.161. The second-order valence-electron chi connectivity index (χ2n) is 15.4. The maximum atomic E-state index is 5.28. The Hall–Kier alpha value is -8.55. The van der Waals surface area contributed by atoms with Crippen LogP contribution in [-0.4, -0.2) is 34.1 Å². The van der Waals surface area contributed by atoms with Crippen LogP contribution in [0.5, 0.6) is 0 Å². The van der Waals surface area contributed by atoms with Crippen LogP contribution < -0.4 is 0 Å². The number of hydrogen-bond acceptors (Lipinski definition) is 5. The van der Waals surface area contributed by atoms with Gasteiger partial charge in [0.25, 0.3) is 0 Å². The van der Waals surface area contributed by atoms with Crippen LogP contribution in [0.25, 0.3) is 112 Å². The van der Waals surface area contributed by atoms with Crippen molar-refractivity contribution in [1.29, 1.82) is 0 Å². The predicted molar refractivity (Wildman–Crippen MR) is 251 cm³/mol. The van der Waals surface area contributed by atoms with Crippen LogP contribution in [0, 0.1) is 0 Å². The summed E-state index contributed by atoms with van der Waals surface area (Å²) in [5, 5.41) is 4.74. The van der Waals surface area contributed by atoms with Gasteiger partial charge in [0.05, 0.1) is 22.1 Å². The van der Waals surface area contributed by atoms with Gasteiger partial charge < -0.3 is 9.13 Å². The maximum absolute atomic E-state index is 5.28. The molecule has 12 rings (SSSR count). The third kappa shape index (κ3) is 6.02. The molecular formula is C55H35N7. The zero-order valence-corrected chi connectivity index (χ0v) is 33.3. The Balaban J connectivity index is 1.14. The number of hydrogen-bond donors (Lipinski definition) is 0. The third-order valence-corrected chi connectivity index (χ3v) is 11.7. The van der Waals surface area contributed by atoms with Gasteiger partial charge in [-0.2, -0.15) is 0 Å². The van der Waals surface area contributed by atoms with E-state index >= 15 is 0 Å². The Morgan fingerprint density at radius 3 is 1.03 bits per heavy atom.